The number of fused-ring (bicyclic) bond motifs is 1. The lowest BCUT2D eigenvalue weighted by Crippen LogP contribution is -2.53. The van der Waals surface area contributed by atoms with Crippen molar-refractivity contribution in [3.05, 3.63) is 59.8 Å². The summed E-state index contributed by atoms with van der Waals surface area (Å²) >= 11 is 0. The van der Waals surface area contributed by atoms with Gasteiger partial charge < -0.3 is 15.5 Å². The van der Waals surface area contributed by atoms with Gasteiger partial charge in [-0.1, -0.05) is 44.2 Å². The van der Waals surface area contributed by atoms with Gasteiger partial charge in [0.25, 0.3) is 0 Å². The highest BCUT2D eigenvalue weighted by Crippen LogP contribution is 2.28. The highest BCUT2D eigenvalue weighted by molar-refractivity contribution is 5.85. The van der Waals surface area contributed by atoms with Gasteiger partial charge in [-0.25, -0.2) is 4.98 Å². The Morgan fingerprint density at radius 3 is 2.79 bits per heavy atom. The summed E-state index contributed by atoms with van der Waals surface area (Å²) in [4.78, 5) is 7.35. The van der Waals surface area contributed by atoms with E-state index in [1.165, 1.54) is 5.56 Å². The maximum Gasteiger partial charge on any atom is 0.192 e. The van der Waals surface area contributed by atoms with Crippen LogP contribution >= 0.6 is 0 Å². The Labute approximate surface area is 193 Å². The average Bonchev–Trinajstić information content (AvgIpc) is 3.23. The van der Waals surface area contributed by atoms with Gasteiger partial charge in [-0.05, 0) is 36.6 Å². The molecule has 0 bridgehead atoms. The van der Waals surface area contributed by atoms with Gasteiger partial charge in [-0.2, -0.15) is 5.10 Å². The van der Waals surface area contributed by atoms with E-state index in [0.717, 1.165) is 47.6 Å². The van der Waals surface area contributed by atoms with Crippen molar-refractivity contribution >= 4 is 22.5 Å². The van der Waals surface area contributed by atoms with Crippen LogP contribution in [0.15, 0.2) is 48.5 Å². The summed E-state index contributed by atoms with van der Waals surface area (Å²) in [6.45, 7) is 9.87. The van der Waals surface area contributed by atoms with Crippen molar-refractivity contribution in [3.8, 4) is 11.4 Å². The Kier molecular flexibility index (Phi) is 5.92. The van der Waals surface area contributed by atoms with Crippen LogP contribution in [0.4, 0.5) is 11.6 Å². The van der Waals surface area contributed by atoms with E-state index in [-0.39, 0.29) is 0 Å². The zero-order chi connectivity index (χ0) is 22.8. The molecule has 33 heavy (non-hydrogen) atoms. The number of aromatic amines is 1. The maximum atomic E-state index is 5.02. The number of aryl methyl sites for hydroxylation is 1. The number of benzene rings is 2. The third-order valence-corrected chi connectivity index (χ3v) is 6.28. The van der Waals surface area contributed by atoms with Gasteiger partial charge in [0.05, 0.1) is 5.52 Å². The highest BCUT2D eigenvalue weighted by Gasteiger charge is 2.26. The molecule has 3 heterocycles. The lowest BCUT2D eigenvalue weighted by molar-refractivity contribution is 0.367. The van der Waals surface area contributed by atoms with E-state index in [2.05, 4.69) is 68.0 Å². The summed E-state index contributed by atoms with van der Waals surface area (Å²) < 4.78 is 0. The van der Waals surface area contributed by atoms with Crippen LogP contribution in [-0.2, 0) is 6.54 Å². The van der Waals surface area contributed by atoms with Gasteiger partial charge in [-0.15, -0.1) is 10.2 Å². The van der Waals surface area contributed by atoms with Crippen LogP contribution in [0, 0.1) is 12.8 Å². The molecule has 1 saturated heterocycles. The Morgan fingerprint density at radius 2 is 1.97 bits per heavy atom. The molecule has 2 aromatic carbocycles. The number of nitrogens with one attached hydrogen (secondary N) is 3. The van der Waals surface area contributed by atoms with Crippen LogP contribution in [0.1, 0.15) is 25.1 Å². The molecular weight excluding hydrogens is 412 g/mol. The van der Waals surface area contributed by atoms with Crippen LogP contribution in [-0.4, -0.2) is 51.1 Å². The molecule has 0 amide bonds. The van der Waals surface area contributed by atoms with Crippen molar-refractivity contribution in [1.82, 2.24) is 30.7 Å². The number of hydrogen-bond acceptors (Lipinski definition) is 7. The molecule has 0 saturated carbocycles. The van der Waals surface area contributed by atoms with Gasteiger partial charge in [0.15, 0.2) is 17.5 Å². The first-order valence-electron chi connectivity index (χ1n) is 11.5. The molecule has 0 radical (unpaired) electrons. The summed E-state index contributed by atoms with van der Waals surface area (Å²) in [5.41, 5.74) is 4.09. The zero-order valence-corrected chi connectivity index (χ0v) is 19.3. The standard InChI is InChI=1S/C25H30N8/c1-16(2)22-15-33(12-11-26-22)25-24(27-14-18-7-5-4-6-8-18)32-31-23(28-25)19-9-10-21-20(13-19)17(3)29-30-21/h4-10,13,16,22,26H,11-12,14-15H2,1-3H3,(H,27,32)(H,29,30). The molecule has 8 heteroatoms. The summed E-state index contributed by atoms with van der Waals surface area (Å²) in [5.74, 6) is 2.73. The van der Waals surface area contributed by atoms with Gasteiger partial charge in [-0.3, -0.25) is 5.10 Å². The van der Waals surface area contributed by atoms with Gasteiger partial charge in [0.2, 0.25) is 0 Å². The van der Waals surface area contributed by atoms with Crippen molar-refractivity contribution in [2.45, 2.75) is 33.4 Å². The minimum absolute atomic E-state index is 0.407. The second kappa shape index (κ2) is 9.15. The van der Waals surface area contributed by atoms with E-state index in [1.54, 1.807) is 0 Å². The number of rotatable bonds is 6. The van der Waals surface area contributed by atoms with E-state index in [0.29, 0.717) is 30.1 Å². The number of anilines is 2. The number of nitrogens with zero attached hydrogens (tertiary/aromatic N) is 5. The molecule has 0 spiro atoms. The van der Waals surface area contributed by atoms with E-state index in [9.17, 15) is 0 Å². The van der Waals surface area contributed by atoms with Gasteiger partial charge >= 0.3 is 0 Å². The average molecular weight is 443 g/mol. The Morgan fingerprint density at radius 1 is 1.12 bits per heavy atom. The fraction of sp³-hybridized carbons (Fsp3) is 0.360. The molecule has 3 N–H and O–H groups in total. The lowest BCUT2D eigenvalue weighted by atomic mass is 10.0. The predicted molar refractivity (Wildman–Crippen MR) is 132 cm³/mol. The SMILES string of the molecule is Cc1[nH]nc2ccc(-c3nnc(NCc4ccccc4)c(N4CCNC(C(C)C)C4)n3)cc12. The van der Waals surface area contributed by atoms with Crippen LogP contribution in [0.3, 0.4) is 0 Å². The van der Waals surface area contributed by atoms with E-state index >= 15 is 0 Å². The molecule has 1 fully saturated rings. The number of aromatic nitrogens is 5. The molecule has 1 aliphatic heterocycles. The molecule has 5 rings (SSSR count). The molecule has 8 nitrogen and oxygen atoms in total. The minimum Gasteiger partial charge on any atom is -0.361 e. The molecule has 1 atom stereocenters. The molecule has 1 aliphatic rings. The molecular formula is C25H30N8. The van der Waals surface area contributed by atoms with Crippen LogP contribution < -0.4 is 15.5 Å². The molecule has 0 aliphatic carbocycles. The monoisotopic (exact) mass is 442 g/mol. The van der Waals surface area contributed by atoms with Crippen LogP contribution in [0.5, 0.6) is 0 Å². The van der Waals surface area contributed by atoms with Crippen molar-refractivity contribution in [3.63, 3.8) is 0 Å². The number of piperazine rings is 1. The van der Waals surface area contributed by atoms with E-state index in [4.69, 9.17) is 4.98 Å². The normalized spacial score (nSPS) is 16.5. The molecule has 1 unspecified atom stereocenters. The molecule has 4 aromatic rings. The molecule has 2 aromatic heterocycles. The van der Waals surface area contributed by atoms with Crippen molar-refractivity contribution in [2.24, 2.45) is 5.92 Å². The van der Waals surface area contributed by atoms with Gasteiger partial charge in [0.1, 0.15) is 0 Å². The quantitative estimate of drug-likeness (QED) is 0.418. The summed E-state index contributed by atoms with van der Waals surface area (Å²) in [5, 5.41) is 24.6. The smallest absolute Gasteiger partial charge is 0.192 e. The first kappa shape index (κ1) is 21.3. The van der Waals surface area contributed by atoms with Crippen molar-refractivity contribution in [2.75, 3.05) is 29.9 Å². The second-order valence-corrected chi connectivity index (χ2v) is 8.98. The number of hydrogen-bond donors (Lipinski definition) is 3. The molecule has 170 valence electrons. The topological polar surface area (TPSA) is 94.6 Å². The lowest BCUT2D eigenvalue weighted by Gasteiger charge is -2.37. The van der Waals surface area contributed by atoms with Crippen molar-refractivity contribution < 1.29 is 0 Å². The number of H-pyrrole nitrogens is 1. The van der Waals surface area contributed by atoms with E-state index in [1.807, 2.05) is 37.3 Å². The summed E-state index contributed by atoms with van der Waals surface area (Å²) in [7, 11) is 0. The zero-order valence-electron chi connectivity index (χ0n) is 19.3. The first-order chi connectivity index (χ1) is 16.1. The summed E-state index contributed by atoms with van der Waals surface area (Å²) in [6.07, 6.45) is 0. The van der Waals surface area contributed by atoms with Crippen LogP contribution in [0.2, 0.25) is 0 Å². The first-order valence-corrected chi connectivity index (χ1v) is 11.5. The largest absolute Gasteiger partial charge is 0.361 e. The second-order valence-electron chi connectivity index (χ2n) is 8.98. The van der Waals surface area contributed by atoms with Crippen molar-refractivity contribution in [1.29, 1.82) is 0 Å². The van der Waals surface area contributed by atoms with Gasteiger partial charge in [0, 0.05) is 48.9 Å². The third kappa shape index (κ3) is 4.52. The fourth-order valence-electron chi connectivity index (χ4n) is 4.25. The predicted octanol–water partition coefficient (Wildman–Crippen LogP) is 3.77. The highest BCUT2D eigenvalue weighted by atomic mass is 15.3. The van der Waals surface area contributed by atoms with E-state index < -0.39 is 0 Å². The Balaban J connectivity index is 1.50. The van der Waals surface area contributed by atoms with Crippen LogP contribution in [0.25, 0.3) is 22.3 Å². The summed E-state index contributed by atoms with van der Waals surface area (Å²) in [6, 6.07) is 16.8. The Bertz CT molecular complexity index is 1230. The Hall–Kier alpha value is -3.52. The maximum absolute atomic E-state index is 5.02. The third-order valence-electron chi connectivity index (χ3n) is 6.28. The minimum atomic E-state index is 0.407. The fourth-order valence-corrected chi connectivity index (χ4v) is 4.25.